The van der Waals surface area contributed by atoms with Crippen LogP contribution >= 0.6 is 23.2 Å². The second-order valence-corrected chi connectivity index (χ2v) is 11.3. The molecule has 4 rings (SSSR count). The summed E-state index contributed by atoms with van der Waals surface area (Å²) in [6.07, 6.45) is -5.24. The molecular formula is C23H16Cl2F5N3O3S. The maximum absolute atomic E-state index is 15.0. The zero-order valence-electron chi connectivity index (χ0n) is 18.6. The summed E-state index contributed by atoms with van der Waals surface area (Å²) in [6.45, 7) is -0.775. The molecule has 1 aromatic heterocycles. The predicted molar refractivity (Wildman–Crippen MR) is 124 cm³/mol. The van der Waals surface area contributed by atoms with E-state index in [9.17, 15) is 35.2 Å². The topological polar surface area (TPSA) is 80.2 Å². The number of carbonyl (C=O) groups excluding carboxylic acids is 1. The maximum Gasteiger partial charge on any atom is 0.434 e. The normalized spacial score (nSPS) is 16.0. The van der Waals surface area contributed by atoms with Crippen LogP contribution in [0.1, 0.15) is 34.5 Å². The standard InChI is InChI=1S/C23H16Cl2F5N3O3S/c24-13-1-4-15(5-2-13)37(35,36)22(17-11-14(26)3-6-18(17)27)7-9-33(10-8-22)20(34)16-12-31-21(25)32-19(16)23(28,29)30/h1-6,11-12H,7-10H2. The van der Waals surface area contributed by atoms with Gasteiger partial charge in [-0.2, -0.15) is 13.2 Å². The van der Waals surface area contributed by atoms with E-state index in [-0.39, 0.29) is 23.0 Å². The van der Waals surface area contributed by atoms with E-state index in [1.807, 2.05) is 0 Å². The van der Waals surface area contributed by atoms with Gasteiger partial charge < -0.3 is 4.90 Å². The molecule has 6 nitrogen and oxygen atoms in total. The van der Waals surface area contributed by atoms with Crippen molar-refractivity contribution in [1.29, 1.82) is 0 Å². The van der Waals surface area contributed by atoms with Gasteiger partial charge in [-0.1, -0.05) is 11.6 Å². The lowest BCUT2D eigenvalue weighted by atomic mass is 9.87. The van der Waals surface area contributed by atoms with Crippen molar-refractivity contribution in [3.05, 3.63) is 87.4 Å². The fourth-order valence-corrected chi connectivity index (χ4v) is 6.71. The molecule has 0 bridgehead atoms. The van der Waals surface area contributed by atoms with Gasteiger partial charge in [0.1, 0.15) is 16.4 Å². The Bertz CT molecular complexity index is 1460. The number of hydrogen-bond donors (Lipinski definition) is 0. The molecule has 37 heavy (non-hydrogen) atoms. The molecule has 0 atom stereocenters. The highest BCUT2D eigenvalue weighted by molar-refractivity contribution is 7.92. The van der Waals surface area contributed by atoms with Crippen molar-refractivity contribution in [3.63, 3.8) is 0 Å². The summed E-state index contributed by atoms with van der Waals surface area (Å²) in [5, 5.41) is -0.465. The summed E-state index contributed by atoms with van der Waals surface area (Å²) in [5.41, 5.74) is -2.86. The Morgan fingerprint density at radius 1 is 1.00 bits per heavy atom. The number of aromatic nitrogens is 2. The number of likely N-dealkylation sites (tertiary alicyclic amines) is 1. The third kappa shape index (κ3) is 5.01. The van der Waals surface area contributed by atoms with E-state index in [2.05, 4.69) is 9.97 Å². The van der Waals surface area contributed by atoms with Crippen molar-refractivity contribution in [2.24, 2.45) is 0 Å². The lowest BCUT2D eigenvalue weighted by molar-refractivity contribution is -0.141. The van der Waals surface area contributed by atoms with E-state index in [1.165, 1.54) is 24.3 Å². The van der Waals surface area contributed by atoms with Gasteiger partial charge in [-0.05, 0) is 66.9 Å². The van der Waals surface area contributed by atoms with E-state index < -0.39 is 73.2 Å². The van der Waals surface area contributed by atoms with Crippen LogP contribution in [0, 0.1) is 11.6 Å². The van der Waals surface area contributed by atoms with Crippen LogP contribution in [-0.2, 0) is 20.8 Å². The summed E-state index contributed by atoms with van der Waals surface area (Å²) in [7, 11) is -4.41. The van der Waals surface area contributed by atoms with Gasteiger partial charge in [-0.15, -0.1) is 0 Å². The maximum atomic E-state index is 15.0. The van der Waals surface area contributed by atoms with Crippen molar-refractivity contribution in [2.75, 3.05) is 13.1 Å². The minimum atomic E-state index is -5.01. The van der Waals surface area contributed by atoms with Crippen molar-refractivity contribution in [2.45, 2.75) is 28.7 Å². The van der Waals surface area contributed by atoms with Crippen LogP contribution in [0.2, 0.25) is 10.3 Å². The molecule has 1 amide bonds. The van der Waals surface area contributed by atoms with Gasteiger partial charge in [0.25, 0.3) is 5.91 Å². The molecule has 0 spiro atoms. The molecule has 0 unspecified atom stereocenters. The van der Waals surface area contributed by atoms with Gasteiger partial charge in [-0.3, -0.25) is 4.79 Å². The number of amides is 1. The Kier molecular flexibility index (Phi) is 7.21. The average Bonchev–Trinajstić information content (AvgIpc) is 2.85. The van der Waals surface area contributed by atoms with Crippen LogP contribution in [-0.4, -0.2) is 42.3 Å². The van der Waals surface area contributed by atoms with Gasteiger partial charge in [0.2, 0.25) is 5.28 Å². The molecule has 1 saturated heterocycles. The van der Waals surface area contributed by atoms with E-state index in [0.29, 0.717) is 6.20 Å². The Morgan fingerprint density at radius 3 is 2.22 bits per heavy atom. The van der Waals surface area contributed by atoms with Gasteiger partial charge in [-0.25, -0.2) is 27.2 Å². The SMILES string of the molecule is O=C(c1cnc(Cl)nc1C(F)(F)F)N1CCC(c2cc(F)ccc2F)(S(=O)(=O)c2ccc(Cl)cc2)CC1. The molecule has 2 heterocycles. The molecular weight excluding hydrogens is 564 g/mol. The number of piperidine rings is 1. The molecule has 0 saturated carbocycles. The van der Waals surface area contributed by atoms with Crippen LogP contribution in [0.25, 0.3) is 0 Å². The van der Waals surface area contributed by atoms with E-state index in [0.717, 1.165) is 23.1 Å². The lowest BCUT2D eigenvalue weighted by Crippen LogP contribution is -2.49. The molecule has 1 aliphatic rings. The minimum Gasteiger partial charge on any atom is -0.338 e. The molecule has 1 fully saturated rings. The van der Waals surface area contributed by atoms with E-state index in [4.69, 9.17) is 23.2 Å². The van der Waals surface area contributed by atoms with Crippen LogP contribution < -0.4 is 0 Å². The Hall–Kier alpha value is -2.83. The summed E-state index contributed by atoms with van der Waals surface area (Å²) in [6, 6.07) is 7.48. The first-order valence-corrected chi connectivity index (χ1v) is 12.8. The van der Waals surface area contributed by atoms with Crippen LogP contribution in [0.5, 0.6) is 0 Å². The number of benzene rings is 2. The summed E-state index contributed by atoms with van der Waals surface area (Å²) in [5.74, 6) is -2.97. The Labute approximate surface area is 218 Å². The smallest absolute Gasteiger partial charge is 0.338 e. The molecule has 1 aliphatic heterocycles. The molecule has 14 heteroatoms. The van der Waals surface area contributed by atoms with Crippen molar-refractivity contribution < 1.29 is 35.2 Å². The largest absolute Gasteiger partial charge is 0.434 e. The van der Waals surface area contributed by atoms with Crippen molar-refractivity contribution in [1.82, 2.24) is 14.9 Å². The van der Waals surface area contributed by atoms with E-state index >= 15 is 0 Å². The molecule has 0 N–H and O–H groups in total. The summed E-state index contributed by atoms with van der Waals surface area (Å²) >= 11 is 11.3. The third-order valence-electron chi connectivity index (χ3n) is 6.17. The highest BCUT2D eigenvalue weighted by Gasteiger charge is 2.51. The van der Waals surface area contributed by atoms with Gasteiger partial charge >= 0.3 is 6.18 Å². The van der Waals surface area contributed by atoms with E-state index in [1.54, 1.807) is 0 Å². The molecule has 0 aliphatic carbocycles. The number of halogens is 7. The third-order valence-corrected chi connectivity index (χ3v) is 9.16. The average molecular weight is 580 g/mol. The highest BCUT2D eigenvalue weighted by Crippen LogP contribution is 2.46. The number of hydrogen-bond acceptors (Lipinski definition) is 5. The number of rotatable bonds is 4. The van der Waals surface area contributed by atoms with Gasteiger partial charge in [0.05, 0.1) is 10.5 Å². The fraction of sp³-hybridized carbons (Fsp3) is 0.261. The van der Waals surface area contributed by atoms with Crippen LogP contribution in [0.3, 0.4) is 0 Å². The summed E-state index contributed by atoms with van der Waals surface area (Å²) < 4.78 is 95.2. The first kappa shape index (κ1) is 27.2. The monoisotopic (exact) mass is 579 g/mol. The van der Waals surface area contributed by atoms with Gasteiger partial charge in [0, 0.05) is 29.9 Å². The van der Waals surface area contributed by atoms with Gasteiger partial charge in [0.15, 0.2) is 15.5 Å². The Morgan fingerprint density at radius 2 is 1.62 bits per heavy atom. The zero-order chi connectivity index (χ0) is 27.2. The number of nitrogens with zero attached hydrogens (tertiary/aromatic N) is 3. The molecule has 3 aromatic rings. The fourth-order valence-electron chi connectivity index (χ4n) is 4.34. The predicted octanol–water partition coefficient (Wildman–Crippen LogP) is 5.69. The van der Waals surface area contributed by atoms with Crippen molar-refractivity contribution in [3.8, 4) is 0 Å². The lowest BCUT2D eigenvalue weighted by Gasteiger charge is -2.41. The molecule has 196 valence electrons. The second-order valence-electron chi connectivity index (χ2n) is 8.27. The summed E-state index contributed by atoms with van der Waals surface area (Å²) in [4.78, 5) is 20.4. The number of sulfone groups is 1. The number of carbonyl (C=O) groups is 1. The molecule has 0 radical (unpaired) electrons. The first-order chi connectivity index (χ1) is 17.3. The zero-order valence-corrected chi connectivity index (χ0v) is 20.9. The molecule has 2 aromatic carbocycles. The van der Waals surface area contributed by atoms with Crippen LogP contribution in [0.4, 0.5) is 22.0 Å². The first-order valence-electron chi connectivity index (χ1n) is 10.6. The quantitative estimate of drug-likeness (QED) is 0.293. The minimum absolute atomic E-state index is 0.217. The van der Waals surface area contributed by atoms with Crippen molar-refractivity contribution >= 4 is 38.9 Å². The van der Waals surface area contributed by atoms with Crippen LogP contribution in [0.15, 0.2) is 53.6 Å². The Balaban J connectivity index is 1.75. The number of alkyl halides is 3. The second kappa shape index (κ2) is 9.80. The highest BCUT2D eigenvalue weighted by atomic mass is 35.5.